The fraction of sp³-hybridized carbons (Fsp3) is 0.364. The summed E-state index contributed by atoms with van der Waals surface area (Å²) in [6, 6.07) is 1.37. The van der Waals surface area contributed by atoms with Gasteiger partial charge in [0.25, 0.3) is 5.56 Å². The Morgan fingerprint density at radius 3 is 2.83 bits per heavy atom. The topological polar surface area (TPSA) is 82.9 Å². The lowest BCUT2D eigenvalue weighted by atomic mass is 10.5. The van der Waals surface area contributed by atoms with Gasteiger partial charge in [-0.25, -0.2) is 9.78 Å². The minimum Gasteiger partial charge on any atom is -0.329 e. The molecule has 2 rings (SSSR count). The Kier molecular flexibility index (Phi) is 3.73. The van der Waals surface area contributed by atoms with Gasteiger partial charge in [0.15, 0.2) is 0 Å². The number of hydrogen-bond acceptors (Lipinski definition) is 5. The normalized spacial score (nSPS) is 10.8. The number of aryl methyl sites for hydroxylation is 1. The Labute approximate surface area is 107 Å². The van der Waals surface area contributed by atoms with Crippen LogP contribution in [0.25, 0.3) is 0 Å². The van der Waals surface area contributed by atoms with Crippen LogP contribution in [0.2, 0.25) is 0 Å². The van der Waals surface area contributed by atoms with Gasteiger partial charge in [0.05, 0.1) is 6.54 Å². The smallest absolute Gasteiger partial charge is 0.329 e. The van der Waals surface area contributed by atoms with Crippen LogP contribution in [0.3, 0.4) is 0 Å². The van der Waals surface area contributed by atoms with E-state index in [4.69, 9.17) is 5.73 Å². The van der Waals surface area contributed by atoms with E-state index in [1.807, 2.05) is 12.3 Å². The molecule has 2 aromatic heterocycles. The molecule has 0 amide bonds. The van der Waals surface area contributed by atoms with Crippen LogP contribution >= 0.6 is 11.3 Å². The summed E-state index contributed by atoms with van der Waals surface area (Å²) < 4.78 is 2.61. The van der Waals surface area contributed by atoms with E-state index in [1.54, 1.807) is 0 Å². The standard InChI is InChI=1S/C11H14N4O2S/c1-8-7-18-9(13-8)6-14-4-2-10(16)15(5-3-12)11(14)17/h2,4,7H,3,5-6,12H2,1H3. The van der Waals surface area contributed by atoms with Gasteiger partial charge in [0.1, 0.15) is 5.01 Å². The Morgan fingerprint density at radius 2 is 2.22 bits per heavy atom. The minimum absolute atomic E-state index is 0.232. The third-order valence-corrected chi connectivity index (χ3v) is 3.42. The zero-order valence-corrected chi connectivity index (χ0v) is 10.8. The van der Waals surface area contributed by atoms with Gasteiger partial charge in [0, 0.05) is 36.4 Å². The van der Waals surface area contributed by atoms with Gasteiger partial charge in [-0.1, -0.05) is 0 Å². The summed E-state index contributed by atoms with van der Waals surface area (Å²) in [5, 5.41) is 2.77. The van der Waals surface area contributed by atoms with Crippen molar-refractivity contribution in [1.29, 1.82) is 0 Å². The lowest BCUT2D eigenvalue weighted by molar-refractivity contribution is 0.578. The molecule has 0 saturated carbocycles. The Balaban J connectivity index is 2.37. The maximum absolute atomic E-state index is 12.0. The molecule has 0 spiro atoms. The van der Waals surface area contributed by atoms with Crippen molar-refractivity contribution >= 4 is 11.3 Å². The van der Waals surface area contributed by atoms with Crippen molar-refractivity contribution in [3.63, 3.8) is 0 Å². The quantitative estimate of drug-likeness (QED) is 0.829. The summed E-state index contributed by atoms with van der Waals surface area (Å²) in [5.74, 6) is 0. The summed E-state index contributed by atoms with van der Waals surface area (Å²) >= 11 is 1.49. The lowest BCUT2D eigenvalue weighted by Crippen LogP contribution is -2.40. The molecule has 0 atom stereocenters. The van der Waals surface area contributed by atoms with Crippen LogP contribution in [0.5, 0.6) is 0 Å². The van der Waals surface area contributed by atoms with Crippen molar-refractivity contribution in [2.24, 2.45) is 5.73 Å². The van der Waals surface area contributed by atoms with Gasteiger partial charge in [-0.3, -0.25) is 13.9 Å². The Hall–Kier alpha value is -1.73. The van der Waals surface area contributed by atoms with Crippen LogP contribution in [0.15, 0.2) is 27.2 Å². The predicted molar refractivity (Wildman–Crippen MR) is 70.0 cm³/mol. The largest absolute Gasteiger partial charge is 0.331 e. The molecule has 2 heterocycles. The fourth-order valence-electron chi connectivity index (χ4n) is 1.63. The first-order valence-corrected chi connectivity index (χ1v) is 6.41. The zero-order chi connectivity index (χ0) is 13.1. The van der Waals surface area contributed by atoms with Crippen LogP contribution in [0.4, 0.5) is 0 Å². The molecule has 0 aromatic carbocycles. The van der Waals surface area contributed by atoms with Crippen LogP contribution in [-0.4, -0.2) is 20.7 Å². The van der Waals surface area contributed by atoms with Crippen molar-refractivity contribution in [2.75, 3.05) is 6.54 Å². The highest BCUT2D eigenvalue weighted by Gasteiger charge is 2.06. The highest BCUT2D eigenvalue weighted by molar-refractivity contribution is 7.09. The average Bonchev–Trinajstić information content (AvgIpc) is 2.74. The first-order chi connectivity index (χ1) is 8.61. The summed E-state index contributed by atoms with van der Waals surface area (Å²) in [6.07, 6.45) is 1.49. The molecule has 0 aliphatic heterocycles. The summed E-state index contributed by atoms with van der Waals surface area (Å²) in [6.45, 7) is 2.77. The second-order valence-electron chi connectivity index (χ2n) is 3.89. The van der Waals surface area contributed by atoms with Crippen LogP contribution in [-0.2, 0) is 13.1 Å². The zero-order valence-electron chi connectivity index (χ0n) is 10.00. The summed E-state index contributed by atoms with van der Waals surface area (Å²) in [5.41, 5.74) is 5.65. The first-order valence-electron chi connectivity index (χ1n) is 5.53. The van der Waals surface area contributed by atoms with Crippen molar-refractivity contribution in [1.82, 2.24) is 14.1 Å². The molecular formula is C11H14N4O2S. The second kappa shape index (κ2) is 5.28. The minimum atomic E-state index is -0.346. The maximum Gasteiger partial charge on any atom is 0.331 e. The third-order valence-electron chi connectivity index (χ3n) is 2.46. The van der Waals surface area contributed by atoms with Crippen molar-refractivity contribution in [2.45, 2.75) is 20.0 Å². The van der Waals surface area contributed by atoms with E-state index in [0.717, 1.165) is 15.3 Å². The molecule has 2 N–H and O–H groups in total. The van der Waals surface area contributed by atoms with E-state index >= 15 is 0 Å². The molecule has 0 bridgehead atoms. The third kappa shape index (κ3) is 2.57. The van der Waals surface area contributed by atoms with Gasteiger partial charge < -0.3 is 5.73 Å². The molecule has 18 heavy (non-hydrogen) atoms. The van der Waals surface area contributed by atoms with E-state index in [1.165, 1.54) is 28.2 Å². The molecule has 0 aliphatic rings. The molecule has 96 valence electrons. The number of hydrogen-bond donors (Lipinski definition) is 1. The van der Waals surface area contributed by atoms with Crippen molar-refractivity contribution < 1.29 is 0 Å². The highest BCUT2D eigenvalue weighted by Crippen LogP contribution is 2.08. The first kappa shape index (κ1) is 12.7. The fourth-order valence-corrected chi connectivity index (χ4v) is 2.40. The van der Waals surface area contributed by atoms with Crippen molar-refractivity contribution in [3.05, 3.63) is 49.2 Å². The maximum atomic E-state index is 12.0. The van der Waals surface area contributed by atoms with E-state index in [-0.39, 0.29) is 24.3 Å². The summed E-state index contributed by atoms with van der Waals surface area (Å²) in [7, 11) is 0. The van der Waals surface area contributed by atoms with Gasteiger partial charge in [-0.2, -0.15) is 0 Å². The molecule has 0 saturated heterocycles. The van der Waals surface area contributed by atoms with E-state index < -0.39 is 0 Å². The molecule has 0 radical (unpaired) electrons. The van der Waals surface area contributed by atoms with Crippen LogP contribution < -0.4 is 17.0 Å². The monoisotopic (exact) mass is 266 g/mol. The number of nitrogens with zero attached hydrogens (tertiary/aromatic N) is 3. The summed E-state index contributed by atoms with van der Waals surface area (Å²) in [4.78, 5) is 27.8. The molecule has 0 aliphatic carbocycles. The van der Waals surface area contributed by atoms with E-state index in [9.17, 15) is 9.59 Å². The van der Waals surface area contributed by atoms with E-state index in [2.05, 4.69) is 4.98 Å². The van der Waals surface area contributed by atoms with Gasteiger partial charge in [-0.05, 0) is 6.92 Å². The lowest BCUT2D eigenvalue weighted by Gasteiger charge is -2.07. The molecular weight excluding hydrogens is 252 g/mol. The number of thiazole rings is 1. The van der Waals surface area contributed by atoms with Crippen LogP contribution in [0, 0.1) is 6.92 Å². The van der Waals surface area contributed by atoms with Gasteiger partial charge >= 0.3 is 5.69 Å². The van der Waals surface area contributed by atoms with Gasteiger partial charge in [0.2, 0.25) is 0 Å². The van der Waals surface area contributed by atoms with Gasteiger partial charge in [-0.15, -0.1) is 11.3 Å². The molecule has 0 fully saturated rings. The highest BCUT2D eigenvalue weighted by atomic mass is 32.1. The van der Waals surface area contributed by atoms with E-state index in [0.29, 0.717) is 6.54 Å². The van der Waals surface area contributed by atoms with Crippen LogP contribution in [0.1, 0.15) is 10.7 Å². The number of rotatable bonds is 4. The second-order valence-corrected chi connectivity index (χ2v) is 4.83. The average molecular weight is 266 g/mol. The SMILES string of the molecule is Cc1csc(Cn2ccc(=O)n(CCN)c2=O)n1. The Morgan fingerprint density at radius 1 is 1.44 bits per heavy atom. The molecule has 7 heteroatoms. The van der Waals surface area contributed by atoms with Crippen molar-refractivity contribution in [3.8, 4) is 0 Å². The predicted octanol–water partition coefficient (Wildman–Crippen LogP) is -0.218. The Bertz CT molecular complexity index is 656. The number of aromatic nitrogens is 3. The number of nitrogens with two attached hydrogens (primary N) is 1. The molecule has 6 nitrogen and oxygen atoms in total. The molecule has 0 unspecified atom stereocenters. The molecule has 2 aromatic rings.